The molecule has 0 spiro atoms. The summed E-state index contributed by atoms with van der Waals surface area (Å²) in [5, 5.41) is 2.75. The molecule has 0 atom stereocenters. The van der Waals surface area contributed by atoms with Gasteiger partial charge in [0.1, 0.15) is 6.26 Å². The highest BCUT2D eigenvalue weighted by Gasteiger charge is 2.20. The second-order valence-electron chi connectivity index (χ2n) is 5.92. The summed E-state index contributed by atoms with van der Waals surface area (Å²) in [7, 11) is 0. The molecule has 6 heteroatoms. The fraction of sp³-hybridized carbons (Fsp3) is 0.421. The van der Waals surface area contributed by atoms with Gasteiger partial charge in [-0.3, -0.25) is 9.59 Å². The molecule has 1 N–H and O–H groups in total. The highest BCUT2D eigenvalue weighted by Crippen LogP contribution is 2.14. The maximum Gasteiger partial charge on any atom is 0.273 e. The Morgan fingerprint density at radius 1 is 1.20 bits per heavy atom. The number of carbonyl (C=O) groups is 2. The topological polar surface area (TPSA) is 75.4 Å². The lowest BCUT2D eigenvalue weighted by Gasteiger charge is -2.21. The average Bonchev–Trinajstić information content (AvgIpc) is 3.08. The van der Waals surface area contributed by atoms with Gasteiger partial charge in [0.05, 0.1) is 6.54 Å². The van der Waals surface area contributed by atoms with Crippen LogP contribution in [0.1, 0.15) is 59.0 Å². The van der Waals surface area contributed by atoms with Gasteiger partial charge in [0.25, 0.3) is 11.8 Å². The molecule has 2 aromatic rings. The van der Waals surface area contributed by atoms with Gasteiger partial charge in [-0.1, -0.05) is 32.0 Å². The largest absolute Gasteiger partial charge is 0.446 e. The minimum absolute atomic E-state index is 0.0601. The van der Waals surface area contributed by atoms with Crippen LogP contribution in [0, 0.1) is 6.92 Å². The van der Waals surface area contributed by atoms with Crippen molar-refractivity contribution < 1.29 is 14.0 Å². The summed E-state index contributed by atoms with van der Waals surface area (Å²) in [6.07, 6.45) is 3.01. The molecule has 1 heterocycles. The number of hydrogen-bond donors (Lipinski definition) is 1. The third-order valence-corrected chi connectivity index (χ3v) is 3.80. The van der Waals surface area contributed by atoms with Crippen LogP contribution in [0.25, 0.3) is 0 Å². The van der Waals surface area contributed by atoms with Gasteiger partial charge in [-0.25, -0.2) is 4.98 Å². The summed E-state index contributed by atoms with van der Waals surface area (Å²) in [4.78, 5) is 30.6. The van der Waals surface area contributed by atoms with Gasteiger partial charge in [-0.2, -0.15) is 0 Å². The normalized spacial score (nSPS) is 10.5. The van der Waals surface area contributed by atoms with E-state index < -0.39 is 0 Å². The van der Waals surface area contributed by atoms with Gasteiger partial charge < -0.3 is 14.6 Å². The predicted octanol–water partition coefficient (Wildman–Crippen LogP) is 3.18. The molecule has 6 nitrogen and oxygen atoms in total. The fourth-order valence-corrected chi connectivity index (χ4v) is 2.49. The van der Waals surface area contributed by atoms with Crippen LogP contribution in [-0.2, 0) is 6.54 Å². The molecule has 0 unspecified atom stereocenters. The van der Waals surface area contributed by atoms with Gasteiger partial charge in [-0.05, 0) is 31.4 Å². The summed E-state index contributed by atoms with van der Waals surface area (Å²) in [5.41, 5.74) is 1.84. The Balaban J connectivity index is 2.12. The number of nitrogens with zero attached hydrogens (tertiary/aromatic N) is 2. The molecule has 1 aromatic heterocycles. The van der Waals surface area contributed by atoms with E-state index in [1.807, 2.05) is 45.0 Å². The minimum Gasteiger partial charge on any atom is -0.446 e. The van der Waals surface area contributed by atoms with Crippen molar-refractivity contribution in [1.29, 1.82) is 0 Å². The quantitative estimate of drug-likeness (QED) is 0.799. The van der Waals surface area contributed by atoms with E-state index in [-0.39, 0.29) is 24.1 Å². The zero-order valence-corrected chi connectivity index (χ0v) is 15.0. The summed E-state index contributed by atoms with van der Waals surface area (Å²) < 4.78 is 5.39. The zero-order valence-electron chi connectivity index (χ0n) is 15.0. The van der Waals surface area contributed by atoms with Crippen molar-refractivity contribution in [1.82, 2.24) is 15.2 Å². The van der Waals surface area contributed by atoms with E-state index in [9.17, 15) is 9.59 Å². The fourth-order valence-electron chi connectivity index (χ4n) is 2.49. The number of benzene rings is 1. The van der Waals surface area contributed by atoms with Gasteiger partial charge in [0.15, 0.2) is 5.69 Å². The molecule has 1 aromatic carbocycles. The van der Waals surface area contributed by atoms with Gasteiger partial charge in [0.2, 0.25) is 5.89 Å². The van der Waals surface area contributed by atoms with E-state index in [1.165, 1.54) is 6.26 Å². The number of aromatic nitrogens is 1. The molecule has 0 radical (unpaired) electrons. The second kappa shape index (κ2) is 9.01. The maximum absolute atomic E-state index is 12.8. The van der Waals surface area contributed by atoms with Crippen LogP contribution in [0.15, 0.2) is 34.9 Å². The molecule has 0 aliphatic heterocycles. The molecule has 0 aliphatic carbocycles. The zero-order chi connectivity index (χ0) is 18.2. The molecule has 0 aliphatic rings. The van der Waals surface area contributed by atoms with E-state index in [0.717, 1.165) is 18.4 Å². The number of aryl methyl sites for hydroxylation is 1. The van der Waals surface area contributed by atoms with E-state index in [1.54, 1.807) is 4.90 Å². The van der Waals surface area contributed by atoms with Crippen molar-refractivity contribution in [2.75, 3.05) is 13.1 Å². The number of oxazole rings is 1. The number of carbonyl (C=O) groups excluding carboxylic acids is 2. The Kier molecular flexibility index (Phi) is 6.74. The Bertz CT molecular complexity index is 724. The molecule has 2 rings (SSSR count). The predicted molar refractivity (Wildman–Crippen MR) is 95.3 cm³/mol. The molecule has 0 saturated heterocycles. The molecule has 0 bridgehead atoms. The van der Waals surface area contributed by atoms with E-state index >= 15 is 0 Å². The monoisotopic (exact) mass is 343 g/mol. The third-order valence-electron chi connectivity index (χ3n) is 3.80. The van der Waals surface area contributed by atoms with Crippen molar-refractivity contribution in [3.63, 3.8) is 0 Å². The molecular weight excluding hydrogens is 318 g/mol. The van der Waals surface area contributed by atoms with Crippen LogP contribution < -0.4 is 5.32 Å². The SMILES string of the molecule is CCCNC(=O)c1coc(CN(CCC)C(=O)c2ccccc2C)n1. The van der Waals surface area contributed by atoms with Crippen molar-refractivity contribution in [2.24, 2.45) is 0 Å². The van der Waals surface area contributed by atoms with Crippen LogP contribution >= 0.6 is 0 Å². The molecular formula is C19H25N3O3. The Labute approximate surface area is 148 Å². The first-order valence-electron chi connectivity index (χ1n) is 8.64. The highest BCUT2D eigenvalue weighted by atomic mass is 16.3. The highest BCUT2D eigenvalue weighted by molar-refractivity contribution is 5.95. The van der Waals surface area contributed by atoms with Gasteiger partial charge in [0, 0.05) is 18.7 Å². The van der Waals surface area contributed by atoms with E-state index in [4.69, 9.17) is 4.42 Å². The summed E-state index contributed by atoms with van der Waals surface area (Å²) >= 11 is 0. The minimum atomic E-state index is -0.260. The molecule has 2 amide bonds. The number of amides is 2. The lowest BCUT2D eigenvalue weighted by molar-refractivity contribution is 0.0727. The lowest BCUT2D eigenvalue weighted by Crippen LogP contribution is -2.32. The van der Waals surface area contributed by atoms with Crippen molar-refractivity contribution >= 4 is 11.8 Å². The molecule has 134 valence electrons. The Morgan fingerprint density at radius 3 is 2.64 bits per heavy atom. The Hall–Kier alpha value is -2.63. The second-order valence-corrected chi connectivity index (χ2v) is 5.92. The Morgan fingerprint density at radius 2 is 1.96 bits per heavy atom. The van der Waals surface area contributed by atoms with Gasteiger partial charge >= 0.3 is 0 Å². The average molecular weight is 343 g/mol. The van der Waals surface area contributed by atoms with Crippen LogP contribution in [0.3, 0.4) is 0 Å². The molecule has 25 heavy (non-hydrogen) atoms. The lowest BCUT2D eigenvalue weighted by atomic mass is 10.1. The van der Waals surface area contributed by atoms with Crippen LogP contribution in [0.5, 0.6) is 0 Å². The summed E-state index contributed by atoms with van der Waals surface area (Å²) in [5.74, 6) is 0.0382. The molecule has 0 saturated carbocycles. The first-order valence-corrected chi connectivity index (χ1v) is 8.64. The first-order chi connectivity index (χ1) is 12.1. The molecule has 0 fully saturated rings. The van der Waals surface area contributed by atoms with Crippen molar-refractivity contribution in [3.8, 4) is 0 Å². The van der Waals surface area contributed by atoms with Crippen LogP contribution in [-0.4, -0.2) is 34.8 Å². The number of nitrogens with one attached hydrogen (secondary N) is 1. The van der Waals surface area contributed by atoms with Gasteiger partial charge in [-0.15, -0.1) is 0 Å². The van der Waals surface area contributed by atoms with Crippen LogP contribution in [0.4, 0.5) is 0 Å². The number of hydrogen-bond acceptors (Lipinski definition) is 4. The summed E-state index contributed by atoms with van der Waals surface area (Å²) in [6, 6.07) is 7.50. The van der Waals surface area contributed by atoms with E-state index in [2.05, 4.69) is 10.3 Å². The smallest absolute Gasteiger partial charge is 0.273 e. The summed E-state index contributed by atoms with van der Waals surface area (Å²) in [6.45, 7) is 7.33. The number of rotatable bonds is 8. The van der Waals surface area contributed by atoms with Crippen molar-refractivity contribution in [2.45, 2.75) is 40.2 Å². The van der Waals surface area contributed by atoms with Crippen LogP contribution in [0.2, 0.25) is 0 Å². The maximum atomic E-state index is 12.8. The third kappa shape index (κ3) is 4.92. The standard InChI is InChI=1S/C19H25N3O3/c1-4-10-20-18(23)16-13-25-17(21-16)12-22(11-5-2)19(24)15-9-7-6-8-14(15)3/h6-9,13H,4-5,10-12H2,1-3H3,(H,20,23). The van der Waals surface area contributed by atoms with E-state index in [0.29, 0.717) is 24.5 Å². The van der Waals surface area contributed by atoms with Crippen molar-refractivity contribution in [3.05, 3.63) is 53.2 Å². The first kappa shape index (κ1) is 18.7.